The van der Waals surface area contributed by atoms with Crippen molar-refractivity contribution in [3.63, 3.8) is 0 Å². The number of nitriles is 1. The molecular weight excluding hydrogens is 294 g/mol. The normalized spacial score (nSPS) is 23.0. The van der Waals surface area contributed by atoms with Gasteiger partial charge in [-0.3, -0.25) is 9.59 Å². The van der Waals surface area contributed by atoms with Gasteiger partial charge in [0, 0.05) is 32.2 Å². The molecule has 0 aromatic heterocycles. The molecule has 2 saturated heterocycles. The van der Waals surface area contributed by atoms with Crippen LogP contribution in [0.3, 0.4) is 0 Å². The van der Waals surface area contributed by atoms with Crippen molar-refractivity contribution in [2.75, 3.05) is 26.8 Å². The van der Waals surface area contributed by atoms with Gasteiger partial charge in [0.2, 0.25) is 5.91 Å². The van der Waals surface area contributed by atoms with Gasteiger partial charge in [-0.05, 0) is 24.6 Å². The van der Waals surface area contributed by atoms with E-state index in [1.807, 2.05) is 11.0 Å². The lowest BCUT2D eigenvalue weighted by Gasteiger charge is -2.25. The Hall–Kier alpha value is -2.39. The molecule has 0 unspecified atom stereocenters. The first kappa shape index (κ1) is 15.5. The predicted molar refractivity (Wildman–Crippen MR) is 82.6 cm³/mol. The molecular formula is C17H19N3O3. The zero-order valence-corrected chi connectivity index (χ0v) is 13.1. The van der Waals surface area contributed by atoms with Gasteiger partial charge in [-0.1, -0.05) is 6.07 Å². The molecule has 120 valence electrons. The Labute approximate surface area is 135 Å². The summed E-state index contributed by atoms with van der Waals surface area (Å²) in [6, 6.07) is 8.77. The van der Waals surface area contributed by atoms with E-state index in [1.54, 1.807) is 36.3 Å². The van der Waals surface area contributed by atoms with Crippen molar-refractivity contribution in [1.29, 1.82) is 5.26 Å². The second-order valence-electron chi connectivity index (χ2n) is 5.90. The van der Waals surface area contributed by atoms with Gasteiger partial charge in [0.1, 0.15) is 0 Å². The van der Waals surface area contributed by atoms with E-state index < -0.39 is 0 Å². The Morgan fingerprint density at radius 2 is 2.26 bits per heavy atom. The summed E-state index contributed by atoms with van der Waals surface area (Å²) < 4.78 is 5.06. The average Bonchev–Trinajstić information content (AvgIpc) is 3.11. The van der Waals surface area contributed by atoms with Gasteiger partial charge < -0.3 is 14.5 Å². The van der Waals surface area contributed by atoms with Crippen LogP contribution in [0, 0.1) is 11.3 Å². The fourth-order valence-electron chi connectivity index (χ4n) is 3.55. The number of methoxy groups -OCH3 is 1. The quantitative estimate of drug-likeness (QED) is 0.832. The number of ether oxygens (including phenoxy) is 1. The van der Waals surface area contributed by atoms with Crippen LogP contribution in [0.2, 0.25) is 0 Å². The third kappa shape index (κ3) is 2.80. The minimum atomic E-state index is -0.101. The van der Waals surface area contributed by atoms with Crippen LogP contribution in [0.15, 0.2) is 24.3 Å². The Balaban J connectivity index is 1.76. The molecule has 2 aliphatic rings. The van der Waals surface area contributed by atoms with Gasteiger partial charge in [-0.15, -0.1) is 0 Å². The van der Waals surface area contributed by atoms with Crippen LogP contribution in [-0.4, -0.2) is 60.5 Å². The van der Waals surface area contributed by atoms with Gasteiger partial charge >= 0.3 is 0 Å². The summed E-state index contributed by atoms with van der Waals surface area (Å²) in [5.41, 5.74) is 0.975. The highest BCUT2D eigenvalue weighted by atomic mass is 16.5. The highest BCUT2D eigenvalue weighted by molar-refractivity contribution is 5.96. The maximum Gasteiger partial charge on any atom is 0.254 e. The van der Waals surface area contributed by atoms with Gasteiger partial charge in [0.05, 0.1) is 30.3 Å². The molecule has 0 spiro atoms. The van der Waals surface area contributed by atoms with E-state index in [2.05, 4.69) is 0 Å². The van der Waals surface area contributed by atoms with E-state index in [-0.39, 0.29) is 23.9 Å². The summed E-state index contributed by atoms with van der Waals surface area (Å²) in [6.07, 6.45) is 1.17. The lowest BCUT2D eigenvalue weighted by molar-refractivity contribution is -0.129. The van der Waals surface area contributed by atoms with Crippen molar-refractivity contribution >= 4 is 11.8 Å². The first-order valence-electron chi connectivity index (χ1n) is 7.75. The second-order valence-corrected chi connectivity index (χ2v) is 5.90. The molecule has 2 atom stereocenters. The van der Waals surface area contributed by atoms with Gasteiger partial charge in [-0.25, -0.2) is 0 Å². The van der Waals surface area contributed by atoms with E-state index in [0.29, 0.717) is 37.2 Å². The molecule has 1 aromatic carbocycles. The minimum absolute atomic E-state index is 0.0717. The zero-order valence-electron chi connectivity index (χ0n) is 13.1. The lowest BCUT2D eigenvalue weighted by atomic mass is 10.1. The topological polar surface area (TPSA) is 73.6 Å². The van der Waals surface area contributed by atoms with Crippen molar-refractivity contribution in [3.05, 3.63) is 35.4 Å². The van der Waals surface area contributed by atoms with E-state index in [1.165, 1.54) is 0 Å². The highest BCUT2D eigenvalue weighted by Crippen LogP contribution is 2.33. The fourth-order valence-corrected chi connectivity index (χ4v) is 3.55. The molecule has 6 nitrogen and oxygen atoms in total. The summed E-state index contributed by atoms with van der Waals surface area (Å²) in [5, 5.41) is 8.97. The first-order valence-corrected chi connectivity index (χ1v) is 7.75. The Morgan fingerprint density at radius 1 is 1.43 bits per heavy atom. The number of fused-ring (bicyclic) bond motifs is 1. The molecule has 2 amide bonds. The standard InChI is InChI=1S/C17H19N3O3/c1-23-8-7-19-14-5-6-20(15(14)10-16(19)21)17(22)13-4-2-3-12(9-13)11-18/h2-4,9,14-15H,5-8,10H2,1H3/t14-,15+/m1/s1. The number of carbonyl (C=O) groups is 2. The molecule has 6 heteroatoms. The molecule has 0 saturated carbocycles. The Bertz CT molecular complexity index is 667. The summed E-state index contributed by atoms with van der Waals surface area (Å²) in [7, 11) is 1.62. The summed E-state index contributed by atoms with van der Waals surface area (Å²) >= 11 is 0. The molecule has 0 aliphatic carbocycles. The SMILES string of the molecule is COCCN1C(=O)C[C@H]2[C@H]1CCN2C(=O)c1cccc(C#N)c1. The molecule has 2 aliphatic heterocycles. The monoisotopic (exact) mass is 313 g/mol. The molecule has 0 bridgehead atoms. The van der Waals surface area contributed by atoms with Crippen molar-refractivity contribution in [3.8, 4) is 6.07 Å². The number of likely N-dealkylation sites (tertiary alicyclic amines) is 2. The molecule has 0 N–H and O–H groups in total. The van der Waals surface area contributed by atoms with Crippen LogP contribution in [0.5, 0.6) is 0 Å². The molecule has 23 heavy (non-hydrogen) atoms. The van der Waals surface area contributed by atoms with E-state index in [0.717, 1.165) is 6.42 Å². The van der Waals surface area contributed by atoms with Gasteiger partial charge in [0.15, 0.2) is 0 Å². The predicted octanol–water partition coefficient (Wildman–Crippen LogP) is 1.02. The molecule has 3 rings (SSSR count). The maximum atomic E-state index is 12.7. The number of hydrogen-bond donors (Lipinski definition) is 0. The number of nitrogens with zero attached hydrogens (tertiary/aromatic N) is 3. The zero-order chi connectivity index (χ0) is 16.4. The van der Waals surface area contributed by atoms with Crippen LogP contribution in [0.1, 0.15) is 28.8 Å². The van der Waals surface area contributed by atoms with Crippen molar-refractivity contribution in [2.45, 2.75) is 24.9 Å². The first-order chi connectivity index (χ1) is 11.2. The van der Waals surface area contributed by atoms with Crippen LogP contribution in [-0.2, 0) is 9.53 Å². The average molecular weight is 313 g/mol. The van der Waals surface area contributed by atoms with Crippen LogP contribution < -0.4 is 0 Å². The maximum absolute atomic E-state index is 12.7. The number of carbonyl (C=O) groups excluding carboxylic acids is 2. The number of amides is 2. The van der Waals surface area contributed by atoms with Crippen LogP contribution in [0.4, 0.5) is 0 Å². The Morgan fingerprint density at radius 3 is 3.00 bits per heavy atom. The van der Waals surface area contributed by atoms with E-state index in [9.17, 15) is 9.59 Å². The molecule has 2 heterocycles. The van der Waals surface area contributed by atoms with Crippen LogP contribution in [0.25, 0.3) is 0 Å². The van der Waals surface area contributed by atoms with Crippen molar-refractivity contribution in [2.24, 2.45) is 0 Å². The van der Waals surface area contributed by atoms with Gasteiger partial charge in [0.25, 0.3) is 5.91 Å². The molecule has 1 aromatic rings. The highest BCUT2D eigenvalue weighted by Gasteiger charge is 2.48. The van der Waals surface area contributed by atoms with E-state index >= 15 is 0 Å². The number of benzene rings is 1. The summed E-state index contributed by atoms with van der Waals surface area (Å²) in [4.78, 5) is 28.6. The summed E-state index contributed by atoms with van der Waals surface area (Å²) in [5.74, 6) is -0.0173. The minimum Gasteiger partial charge on any atom is -0.383 e. The van der Waals surface area contributed by atoms with Gasteiger partial charge in [-0.2, -0.15) is 5.26 Å². The third-order valence-electron chi connectivity index (χ3n) is 4.65. The molecule has 0 radical (unpaired) electrons. The number of hydrogen-bond acceptors (Lipinski definition) is 4. The lowest BCUT2D eigenvalue weighted by Crippen LogP contribution is -2.40. The van der Waals surface area contributed by atoms with E-state index in [4.69, 9.17) is 10.00 Å². The van der Waals surface area contributed by atoms with Crippen molar-refractivity contribution < 1.29 is 14.3 Å². The third-order valence-corrected chi connectivity index (χ3v) is 4.65. The second kappa shape index (κ2) is 6.39. The summed E-state index contributed by atoms with van der Waals surface area (Å²) in [6.45, 7) is 1.72. The molecule has 2 fully saturated rings. The largest absolute Gasteiger partial charge is 0.383 e. The van der Waals surface area contributed by atoms with Crippen molar-refractivity contribution in [1.82, 2.24) is 9.80 Å². The Kier molecular flexibility index (Phi) is 4.30. The fraction of sp³-hybridized carbons (Fsp3) is 0.471. The smallest absolute Gasteiger partial charge is 0.254 e. The number of rotatable bonds is 4. The van der Waals surface area contributed by atoms with Crippen LogP contribution >= 0.6 is 0 Å².